The molecular weight excluding hydrogens is 370 g/mol. The van der Waals surface area contributed by atoms with Crippen LogP contribution in [-0.4, -0.2) is 44.8 Å². The molecule has 1 saturated heterocycles. The van der Waals surface area contributed by atoms with Gasteiger partial charge in [-0.05, 0) is 42.7 Å². The zero-order chi connectivity index (χ0) is 20.4. The molecule has 0 saturated carbocycles. The van der Waals surface area contributed by atoms with Crippen LogP contribution in [0.25, 0.3) is 5.69 Å². The van der Waals surface area contributed by atoms with Crippen LogP contribution in [0.2, 0.25) is 0 Å². The topological polar surface area (TPSA) is 95.4 Å². The van der Waals surface area contributed by atoms with Gasteiger partial charge in [-0.25, -0.2) is 9.48 Å². The maximum Gasteiger partial charge on any atom is 0.335 e. The summed E-state index contributed by atoms with van der Waals surface area (Å²) in [5.41, 5.74) is 1.92. The lowest BCUT2D eigenvalue weighted by atomic mass is 9.90. The van der Waals surface area contributed by atoms with Crippen molar-refractivity contribution in [2.24, 2.45) is 0 Å². The molecule has 1 amide bonds. The molecule has 0 radical (unpaired) electrons. The smallest absolute Gasteiger partial charge is 0.335 e. The standard InChI is InChI=1S/C22H21N3O4/c26-20-13-19(23-25(20)18-6-2-1-3-7-18)21(27)24-12-4-5-17(14-24)15-8-10-16(11-9-15)22(28)29/h1-3,6-11,13,17,23H,4-5,12,14H2,(H,28,29). The number of hydrogen-bond acceptors (Lipinski definition) is 3. The van der Waals surface area contributed by atoms with Crippen LogP contribution in [0.3, 0.4) is 0 Å². The average Bonchev–Trinajstić information content (AvgIpc) is 3.15. The van der Waals surface area contributed by atoms with Gasteiger partial charge in [0.15, 0.2) is 0 Å². The van der Waals surface area contributed by atoms with Crippen molar-refractivity contribution in [3.8, 4) is 5.69 Å². The van der Waals surface area contributed by atoms with Gasteiger partial charge in [0.05, 0.1) is 11.3 Å². The van der Waals surface area contributed by atoms with Crippen LogP contribution in [0.15, 0.2) is 65.5 Å². The number of nitrogens with one attached hydrogen (secondary N) is 1. The van der Waals surface area contributed by atoms with Crippen molar-refractivity contribution in [3.63, 3.8) is 0 Å². The number of piperidine rings is 1. The van der Waals surface area contributed by atoms with Gasteiger partial charge in [-0.2, -0.15) is 0 Å². The number of hydrogen-bond donors (Lipinski definition) is 2. The number of aromatic nitrogens is 2. The number of likely N-dealkylation sites (tertiary alicyclic amines) is 1. The monoisotopic (exact) mass is 391 g/mol. The summed E-state index contributed by atoms with van der Waals surface area (Å²) in [6, 6.07) is 17.3. The van der Waals surface area contributed by atoms with E-state index in [1.807, 2.05) is 30.3 Å². The molecular formula is C22H21N3O4. The van der Waals surface area contributed by atoms with Crippen LogP contribution in [0.4, 0.5) is 0 Å². The first-order valence-electron chi connectivity index (χ1n) is 9.53. The number of H-pyrrole nitrogens is 1. The Hall–Kier alpha value is -3.61. The van der Waals surface area contributed by atoms with Gasteiger partial charge in [-0.15, -0.1) is 0 Å². The predicted octanol–water partition coefficient (Wildman–Crippen LogP) is 2.88. The molecule has 2 N–H and O–H groups in total. The maximum absolute atomic E-state index is 13.0. The largest absolute Gasteiger partial charge is 0.478 e. The fourth-order valence-corrected chi connectivity index (χ4v) is 3.78. The molecule has 1 aromatic heterocycles. The van der Waals surface area contributed by atoms with Gasteiger partial charge in [-0.3, -0.25) is 14.7 Å². The Morgan fingerprint density at radius 1 is 1.03 bits per heavy atom. The van der Waals surface area contributed by atoms with Crippen molar-refractivity contribution in [1.82, 2.24) is 14.7 Å². The molecule has 1 atom stereocenters. The average molecular weight is 391 g/mol. The molecule has 1 fully saturated rings. The fraction of sp³-hybridized carbons (Fsp3) is 0.227. The van der Waals surface area contributed by atoms with E-state index in [2.05, 4.69) is 5.10 Å². The van der Waals surface area contributed by atoms with E-state index in [0.717, 1.165) is 18.4 Å². The van der Waals surface area contributed by atoms with Crippen molar-refractivity contribution < 1.29 is 14.7 Å². The molecule has 0 spiro atoms. The second-order valence-electron chi connectivity index (χ2n) is 7.20. The summed E-state index contributed by atoms with van der Waals surface area (Å²) in [4.78, 5) is 38.1. The number of amides is 1. The minimum atomic E-state index is -0.955. The quantitative estimate of drug-likeness (QED) is 0.715. The summed E-state index contributed by atoms with van der Waals surface area (Å²) in [6.07, 6.45) is 1.78. The summed E-state index contributed by atoms with van der Waals surface area (Å²) < 4.78 is 1.36. The zero-order valence-corrected chi connectivity index (χ0v) is 15.7. The number of aromatic carboxylic acids is 1. The Labute approximate surface area is 167 Å². The van der Waals surface area contributed by atoms with Crippen LogP contribution in [-0.2, 0) is 0 Å². The number of carbonyl (C=O) groups excluding carboxylic acids is 1. The molecule has 0 bridgehead atoms. The minimum Gasteiger partial charge on any atom is -0.478 e. The van der Waals surface area contributed by atoms with E-state index in [1.54, 1.807) is 29.2 Å². The van der Waals surface area contributed by atoms with Gasteiger partial charge in [0.2, 0.25) is 0 Å². The van der Waals surface area contributed by atoms with Crippen LogP contribution in [0.1, 0.15) is 45.2 Å². The van der Waals surface area contributed by atoms with E-state index in [4.69, 9.17) is 5.11 Å². The number of para-hydroxylation sites is 1. The zero-order valence-electron chi connectivity index (χ0n) is 15.7. The Morgan fingerprint density at radius 3 is 2.45 bits per heavy atom. The lowest BCUT2D eigenvalue weighted by Crippen LogP contribution is -2.39. The lowest BCUT2D eigenvalue weighted by Gasteiger charge is -2.32. The molecule has 29 heavy (non-hydrogen) atoms. The third kappa shape index (κ3) is 3.85. The van der Waals surface area contributed by atoms with Gasteiger partial charge < -0.3 is 10.0 Å². The Morgan fingerprint density at radius 2 is 1.76 bits per heavy atom. The van der Waals surface area contributed by atoms with E-state index in [0.29, 0.717) is 18.8 Å². The molecule has 2 heterocycles. The number of carboxylic acids is 1. The number of nitrogens with zero attached hydrogens (tertiary/aromatic N) is 2. The van der Waals surface area contributed by atoms with E-state index in [9.17, 15) is 14.4 Å². The van der Waals surface area contributed by atoms with Crippen molar-refractivity contribution in [2.45, 2.75) is 18.8 Å². The van der Waals surface area contributed by atoms with Crippen LogP contribution in [0, 0.1) is 0 Å². The fourth-order valence-electron chi connectivity index (χ4n) is 3.78. The molecule has 148 valence electrons. The molecule has 2 aromatic carbocycles. The summed E-state index contributed by atoms with van der Waals surface area (Å²) in [5.74, 6) is -1.02. The van der Waals surface area contributed by atoms with Crippen molar-refractivity contribution in [1.29, 1.82) is 0 Å². The first-order valence-corrected chi connectivity index (χ1v) is 9.53. The molecule has 1 unspecified atom stereocenters. The van der Waals surface area contributed by atoms with Crippen molar-refractivity contribution in [2.75, 3.05) is 13.1 Å². The number of carbonyl (C=O) groups is 2. The highest BCUT2D eigenvalue weighted by Gasteiger charge is 2.27. The molecule has 1 aliphatic rings. The second-order valence-corrected chi connectivity index (χ2v) is 7.20. The van der Waals surface area contributed by atoms with Crippen molar-refractivity contribution in [3.05, 3.63) is 87.8 Å². The minimum absolute atomic E-state index is 0.137. The number of aromatic amines is 1. The Bertz CT molecular complexity index is 1080. The highest BCUT2D eigenvalue weighted by molar-refractivity contribution is 5.92. The number of carboxylic acid groups (broad SMARTS) is 1. The van der Waals surface area contributed by atoms with Gasteiger partial charge in [0, 0.05) is 25.1 Å². The Kier molecular flexibility index (Phi) is 5.03. The summed E-state index contributed by atoms with van der Waals surface area (Å²) in [6.45, 7) is 1.16. The highest BCUT2D eigenvalue weighted by atomic mass is 16.4. The molecule has 7 heteroatoms. The molecule has 0 aliphatic carbocycles. The van der Waals surface area contributed by atoms with Crippen LogP contribution >= 0.6 is 0 Å². The maximum atomic E-state index is 13.0. The van der Waals surface area contributed by atoms with Crippen LogP contribution in [0.5, 0.6) is 0 Å². The van der Waals surface area contributed by atoms with Gasteiger partial charge in [0.1, 0.15) is 5.69 Å². The van der Waals surface area contributed by atoms with Crippen LogP contribution < -0.4 is 5.56 Å². The third-order valence-electron chi connectivity index (χ3n) is 5.30. The predicted molar refractivity (Wildman–Crippen MR) is 108 cm³/mol. The van der Waals surface area contributed by atoms with Gasteiger partial charge in [-0.1, -0.05) is 30.3 Å². The summed E-state index contributed by atoms with van der Waals surface area (Å²) in [7, 11) is 0. The highest BCUT2D eigenvalue weighted by Crippen LogP contribution is 2.28. The molecule has 7 nitrogen and oxygen atoms in total. The lowest BCUT2D eigenvalue weighted by molar-refractivity contribution is 0.0692. The number of rotatable bonds is 4. The van der Waals surface area contributed by atoms with Gasteiger partial charge in [0.25, 0.3) is 11.5 Å². The SMILES string of the molecule is O=C(O)c1ccc(C2CCCN(C(=O)c3cc(=O)n(-c4ccccc4)[nH]3)C2)cc1. The van der Waals surface area contributed by atoms with E-state index in [-0.39, 0.29) is 28.6 Å². The number of benzene rings is 2. The van der Waals surface area contributed by atoms with E-state index < -0.39 is 5.97 Å². The Balaban J connectivity index is 1.52. The molecule has 4 rings (SSSR count). The molecule has 1 aliphatic heterocycles. The summed E-state index contributed by atoms with van der Waals surface area (Å²) in [5, 5.41) is 12.0. The van der Waals surface area contributed by atoms with Crippen molar-refractivity contribution >= 4 is 11.9 Å². The first kappa shape index (κ1) is 18.7. The molecule has 3 aromatic rings. The van der Waals surface area contributed by atoms with E-state index in [1.165, 1.54) is 10.7 Å². The van der Waals surface area contributed by atoms with Gasteiger partial charge >= 0.3 is 5.97 Å². The second kappa shape index (κ2) is 7.79. The third-order valence-corrected chi connectivity index (χ3v) is 5.30. The van der Waals surface area contributed by atoms with E-state index >= 15 is 0 Å². The first-order chi connectivity index (χ1) is 14.0. The summed E-state index contributed by atoms with van der Waals surface area (Å²) >= 11 is 0. The normalized spacial score (nSPS) is 16.6.